The van der Waals surface area contributed by atoms with Gasteiger partial charge in [0, 0.05) is 6.07 Å². The van der Waals surface area contributed by atoms with E-state index in [0.29, 0.717) is 5.69 Å². The molecule has 0 unspecified atom stereocenters. The summed E-state index contributed by atoms with van der Waals surface area (Å²) in [6, 6.07) is 3.78. The van der Waals surface area contributed by atoms with Gasteiger partial charge < -0.3 is 10.1 Å². The second kappa shape index (κ2) is 5.62. The summed E-state index contributed by atoms with van der Waals surface area (Å²) in [5.41, 5.74) is 0.432. The van der Waals surface area contributed by atoms with Crippen LogP contribution in [0, 0.1) is 5.82 Å². The topological polar surface area (TPSA) is 64.1 Å². The van der Waals surface area contributed by atoms with Gasteiger partial charge in [-0.1, -0.05) is 11.6 Å². The van der Waals surface area contributed by atoms with E-state index in [9.17, 15) is 9.18 Å². The van der Waals surface area contributed by atoms with Crippen LogP contribution in [0.5, 0.6) is 5.75 Å². The SMILES string of the molecule is COc1cc(F)ccc1NC(=O)c1cnc(Cl)cn1. The van der Waals surface area contributed by atoms with Crippen molar-refractivity contribution in [1.29, 1.82) is 0 Å². The highest BCUT2D eigenvalue weighted by atomic mass is 35.5. The van der Waals surface area contributed by atoms with Gasteiger partial charge >= 0.3 is 0 Å². The number of hydrogen-bond acceptors (Lipinski definition) is 4. The van der Waals surface area contributed by atoms with Crippen molar-refractivity contribution in [1.82, 2.24) is 9.97 Å². The largest absolute Gasteiger partial charge is 0.494 e. The second-order valence-corrected chi connectivity index (χ2v) is 3.91. The summed E-state index contributed by atoms with van der Waals surface area (Å²) in [5.74, 6) is -0.731. The Morgan fingerprint density at radius 2 is 2.16 bits per heavy atom. The Kier molecular flexibility index (Phi) is 3.91. The molecule has 1 aromatic heterocycles. The molecule has 2 aromatic rings. The van der Waals surface area contributed by atoms with E-state index in [0.717, 1.165) is 0 Å². The van der Waals surface area contributed by atoms with Crippen LogP contribution in [0.1, 0.15) is 10.5 Å². The number of nitrogens with one attached hydrogen (secondary N) is 1. The first-order chi connectivity index (χ1) is 9.10. The summed E-state index contributed by atoms with van der Waals surface area (Å²) in [5, 5.41) is 2.74. The number of aromatic nitrogens is 2. The lowest BCUT2D eigenvalue weighted by atomic mass is 10.2. The number of methoxy groups -OCH3 is 1. The Balaban J connectivity index is 2.21. The van der Waals surface area contributed by atoms with Gasteiger partial charge in [-0.2, -0.15) is 0 Å². The molecule has 1 N–H and O–H groups in total. The van der Waals surface area contributed by atoms with Crippen LogP contribution in [-0.4, -0.2) is 23.0 Å². The molecule has 0 atom stereocenters. The van der Waals surface area contributed by atoms with Crippen LogP contribution in [0.3, 0.4) is 0 Å². The first-order valence-corrected chi connectivity index (χ1v) is 5.60. The predicted molar refractivity (Wildman–Crippen MR) is 67.9 cm³/mol. The number of rotatable bonds is 3. The fourth-order valence-electron chi connectivity index (χ4n) is 1.38. The highest BCUT2D eigenvalue weighted by molar-refractivity contribution is 6.29. The fraction of sp³-hybridized carbons (Fsp3) is 0.0833. The number of carbonyl (C=O) groups is 1. The first kappa shape index (κ1) is 13.2. The molecule has 19 heavy (non-hydrogen) atoms. The van der Waals surface area contributed by atoms with Crippen LogP contribution in [-0.2, 0) is 0 Å². The van der Waals surface area contributed by atoms with E-state index in [1.165, 1.54) is 37.7 Å². The molecule has 5 nitrogen and oxygen atoms in total. The molecule has 98 valence electrons. The molecular weight excluding hydrogens is 273 g/mol. The van der Waals surface area contributed by atoms with Gasteiger partial charge in [-0.25, -0.2) is 14.4 Å². The molecule has 1 heterocycles. The molecule has 0 aliphatic rings. The van der Waals surface area contributed by atoms with Gasteiger partial charge in [0.05, 0.1) is 25.2 Å². The number of amides is 1. The third-order valence-electron chi connectivity index (χ3n) is 2.26. The van der Waals surface area contributed by atoms with Crippen molar-refractivity contribution in [2.45, 2.75) is 0 Å². The van der Waals surface area contributed by atoms with E-state index in [1.54, 1.807) is 0 Å². The molecule has 1 amide bonds. The lowest BCUT2D eigenvalue weighted by Crippen LogP contribution is -2.14. The van der Waals surface area contributed by atoms with E-state index >= 15 is 0 Å². The normalized spacial score (nSPS) is 10.1. The quantitative estimate of drug-likeness (QED) is 0.939. The van der Waals surface area contributed by atoms with Crippen LogP contribution in [0.4, 0.5) is 10.1 Å². The number of ether oxygens (including phenoxy) is 1. The summed E-state index contributed by atoms with van der Waals surface area (Å²) in [6.07, 6.45) is 2.51. The van der Waals surface area contributed by atoms with Crippen molar-refractivity contribution >= 4 is 23.2 Å². The summed E-state index contributed by atoms with van der Waals surface area (Å²) in [6.45, 7) is 0. The standard InChI is InChI=1S/C12H9ClFN3O2/c1-19-10-4-7(14)2-3-8(10)17-12(18)9-5-16-11(13)6-15-9/h2-6H,1H3,(H,17,18). The summed E-state index contributed by atoms with van der Waals surface area (Å²) < 4.78 is 18.0. The number of hydrogen-bond donors (Lipinski definition) is 1. The van der Waals surface area contributed by atoms with Crippen LogP contribution >= 0.6 is 11.6 Å². The average molecular weight is 282 g/mol. The Morgan fingerprint density at radius 3 is 2.79 bits per heavy atom. The summed E-state index contributed by atoms with van der Waals surface area (Å²) in [4.78, 5) is 19.4. The number of benzene rings is 1. The predicted octanol–water partition coefficient (Wildman–Crippen LogP) is 2.53. The zero-order chi connectivity index (χ0) is 13.8. The van der Waals surface area contributed by atoms with Crippen molar-refractivity contribution in [3.05, 3.63) is 47.3 Å². The van der Waals surface area contributed by atoms with Gasteiger partial charge in [0.1, 0.15) is 22.4 Å². The third kappa shape index (κ3) is 3.17. The maximum atomic E-state index is 13.0. The molecule has 0 bridgehead atoms. The lowest BCUT2D eigenvalue weighted by Gasteiger charge is -2.09. The van der Waals surface area contributed by atoms with Gasteiger partial charge in [-0.3, -0.25) is 4.79 Å². The van der Waals surface area contributed by atoms with Crippen molar-refractivity contribution in [2.75, 3.05) is 12.4 Å². The maximum Gasteiger partial charge on any atom is 0.275 e. The molecule has 0 spiro atoms. The maximum absolute atomic E-state index is 13.0. The van der Waals surface area contributed by atoms with Crippen LogP contribution in [0.25, 0.3) is 0 Å². The second-order valence-electron chi connectivity index (χ2n) is 3.52. The smallest absolute Gasteiger partial charge is 0.275 e. The molecule has 2 rings (SSSR count). The molecule has 1 aromatic carbocycles. The van der Waals surface area contributed by atoms with Crippen LogP contribution < -0.4 is 10.1 Å². The van der Waals surface area contributed by atoms with E-state index in [1.807, 2.05) is 0 Å². The zero-order valence-corrected chi connectivity index (χ0v) is 10.6. The molecular formula is C12H9ClFN3O2. The molecule has 0 fully saturated rings. The number of carbonyl (C=O) groups excluding carboxylic acids is 1. The molecule has 0 saturated carbocycles. The van der Waals surface area contributed by atoms with Crippen molar-refractivity contribution in [3.8, 4) is 5.75 Å². The van der Waals surface area contributed by atoms with Gasteiger partial charge in [0.25, 0.3) is 5.91 Å². The Labute approximate surface area is 113 Å². The average Bonchev–Trinajstić information content (AvgIpc) is 2.41. The van der Waals surface area contributed by atoms with E-state index in [-0.39, 0.29) is 16.6 Å². The van der Waals surface area contributed by atoms with Crippen LogP contribution in [0.2, 0.25) is 5.15 Å². The number of anilines is 1. The van der Waals surface area contributed by atoms with Gasteiger partial charge in [-0.15, -0.1) is 0 Å². The van der Waals surface area contributed by atoms with Crippen LogP contribution in [0.15, 0.2) is 30.6 Å². The molecule has 0 saturated heterocycles. The lowest BCUT2D eigenvalue weighted by molar-refractivity contribution is 0.102. The van der Waals surface area contributed by atoms with Crippen molar-refractivity contribution < 1.29 is 13.9 Å². The third-order valence-corrected chi connectivity index (χ3v) is 2.46. The highest BCUT2D eigenvalue weighted by Crippen LogP contribution is 2.25. The zero-order valence-electron chi connectivity index (χ0n) is 9.85. The minimum Gasteiger partial charge on any atom is -0.494 e. The summed E-state index contributed by atoms with van der Waals surface area (Å²) >= 11 is 5.57. The Hall–Kier alpha value is -2.21. The first-order valence-electron chi connectivity index (χ1n) is 5.22. The van der Waals surface area contributed by atoms with E-state index < -0.39 is 11.7 Å². The number of halogens is 2. The van der Waals surface area contributed by atoms with E-state index in [4.69, 9.17) is 16.3 Å². The fourth-order valence-corrected chi connectivity index (χ4v) is 1.48. The van der Waals surface area contributed by atoms with Gasteiger partial charge in [0.15, 0.2) is 0 Å². The van der Waals surface area contributed by atoms with Crippen molar-refractivity contribution in [3.63, 3.8) is 0 Å². The molecule has 0 radical (unpaired) electrons. The summed E-state index contributed by atoms with van der Waals surface area (Å²) in [7, 11) is 1.38. The highest BCUT2D eigenvalue weighted by Gasteiger charge is 2.12. The van der Waals surface area contributed by atoms with Gasteiger partial charge in [-0.05, 0) is 12.1 Å². The molecule has 0 aliphatic heterocycles. The molecule has 7 heteroatoms. The monoisotopic (exact) mass is 281 g/mol. The minimum absolute atomic E-state index is 0.0933. The minimum atomic E-state index is -0.492. The Bertz CT molecular complexity index is 604. The van der Waals surface area contributed by atoms with Gasteiger partial charge in [0.2, 0.25) is 0 Å². The van der Waals surface area contributed by atoms with E-state index in [2.05, 4.69) is 15.3 Å². The Morgan fingerprint density at radius 1 is 1.37 bits per heavy atom. The number of nitrogens with zero attached hydrogens (tertiary/aromatic N) is 2. The van der Waals surface area contributed by atoms with Crippen molar-refractivity contribution in [2.24, 2.45) is 0 Å². The molecule has 0 aliphatic carbocycles.